The standard InChI is InChI=1S/C70H150N4O6P2.2HI/c1-9-13-17-21-25-29-33-37-41-45-49-55-67-77-81(75,78-68-56-50-46-42-38-34-30-26-22-18-14-10-2)71-61-59-65-73(5,6)63-53-54-64-74(7,8)66-60-62-72-82(76,79-69-57-51-47-43-39-35-31-27-23-19-15-11-3)80-70-58-52-48-44-40-36-32-28-24-20-16-12-4;;/h9-70H2,1-8H3,(H,71,75)(H,72,76);2*1H/q+2;;/p-2. The van der Waals surface area contributed by atoms with Crippen LogP contribution in [0, 0.1) is 0 Å². The molecule has 0 aromatic rings. The van der Waals surface area contributed by atoms with Gasteiger partial charge in [0.05, 0.1) is 80.8 Å². The molecule has 0 atom stereocenters. The third-order valence-corrected chi connectivity index (χ3v) is 20.6. The summed E-state index contributed by atoms with van der Waals surface area (Å²) in [6.07, 6.45) is 66.4. The van der Waals surface area contributed by atoms with Gasteiger partial charge in [-0.05, 0) is 25.7 Å². The number of nitrogens with zero attached hydrogens (tertiary/aromatic N) is 2. The molecule has 0 saturated heterocycles. The number of hydrogen-bond acceptors (Lipinski definition) is 6. The predicted octanol–water partition coefficient (Wildman–Crippen LogP) is 17.0. The van der Waals surface area contributed by atoms with Crippen molar-refractivity contribution in [1.82, 2.24) is 10.2 Å². The molecule has 0 spiro atoms. The lowest BCUT2D eigenvalue weighted by Crippen LogP contribution is -3.00. The molecule has 0 fully saturated rings. The lowest BCUT2D eigenvalue weighted by atomic mass is 10.1. The van der Waals surface area contributed by atoms with Gasteiger partial charge in [-0.3, -0.25) is 18.1 Å². The van der Waals surface area contributed by atoms with Crippen LogP contribution in [0.3, 0.4) is 0 Å². The molecule has 0 saturated carbocycles. The maximum atomic E-state index is 14.1. The Labute approximate surface area is 561 Å². The molecule has 84 heavy (non-hydrogen) atoms. The second kappa shape index (κ2) is 67.5. The van der Waals surface area contributed by atoms with E-state index in [2.05, 4.69) is 66.1 Å². The van der Waals surface area contributed by atoms with Crippen LogP contribution in [-0.2, 0) is 27.2 Å². The molecule has 0 rings (SSSR count). The average molecular weight is 1460 g/mol. The van der Waals surface area contributed by atoms with Crippen LogP contribution in [0.25, 0.3) is 0 Å². The van der Waals surface area contributed by atoms with Crippen LogP contribution in [-0.4, -0.2) is 103 Å². The number of halogens is 2. The monoisotopic (exact) mass is 1460 g/mol. The number of quaternary nitrogens is 2. The van der Waals surface area contributed by atoms with E-state index in [0.29, 0.717) is 39.5 Å². The van der Waals surface area contributed by atoms with Crippen LogP contribution >= 0.6 is 15.5 Å². The highest BCUT2D eigenvalue weighted by molar-refractivity contribution is 7.51. The fourth-order valence-electron chi connectivity index (χ4n) is 11.5. The molecule has 0 radical (unpaired) electrons. The van der Waals surface area contributed by atoms with E-state index in [1.165, 1.54) is 257 Å². The molecule has 0 aromatic carbocycles. The van der Waals surface area contributed by atoms with Gasteiger partial charge in [-0.1, -0.05) is 310 Å². The maximum absolute atomic E-state index is 14.1. The lowest BCUT2D eigenvalue weighted by Gasteiger charge is -2.32. The van der Waals surface area contributed by atoms with Crippen molar-refractivity contribution in [2.24, 2.45) is 0 Å². The van der Waals surface area contributed by atoms with Gasteiger partial charge in [0.15, 0.2) is 0 Å². The third kappa shape index (κ3) is 66.5. The van der Waals surface area contributed by atoms with Crippen LogP contribution in [0.2, 0.25) is 0 Å². The molecule has 0 aliphatic heterocycles. The van der Waals surface area contributed by atoms with Crippen molar-refractivity contribution in [3.05, 3.63) is 0 Å². The molecule has 0 heterocycles. The molecule has 0 amide bonds. The minimum Gasteiger partial charge on any atom is -1.00 e. The quantitative estimate of drug-likeness (QED) is 0.0269. The third-order valence-electron chi connectivity index (χ3n) is 17.3. The Kier molecular flexibility index (Phi) is 72.1. The first kappa shape index (κ1) is 89.8. The summed E-state index contributed by atoms with van der Waals surface area (Å²) in [7, 11) is 2.61. The van der Waals surface area contributed by atoms with Crippen LogP contribution in [0.4, 0.5) is 0 Å². The van der Waals surface area contributed by atoms with Crippen molar-refractivity contribution in [1.29, 1.82) is 0 Å². The summed E-state index contributed by atoms with van der Waals surface area (Å²) in [4.78, 5) is 0. The second-order valence-electron chi connectivity index (χ2n) is 26.9. The largest absolute Gasteiger partial charge is 1.00 e. The first-order valence-electron chi connectivity index (χ1n) is 36.8. The van der Waals surface area contributed by atoms with Gasteiger partial charge >= 0.3 is 15.5 Å². The Morgan fingerprint density at radius 3 is 0.571 bits per heavy atom. The summed E-state index contributed by atoms with van der Waals surface area (Å²) >= 11 is 0. The van der Waals surface area contributed by atoms with E-state index in [1.54, 1.807) is 0 Å². The highest BCUT2D eigenvalue weighted by Crippen LogP contribution is 2.45. The van der Waals surface area contributed by atoms with Gasteiger partial charge in [0.1, 0.15) is 0 Å². The van der Waals surface area contributed by atoms with Crippen molar-refractivity contribution in [2.45, 2.75) is 362 Å². The molecule has 14 heteroatoms. The number of hydrogen-bond donors (Lipinski definition) is 2. The fraction of sp³-hybridized carbons (Fsp3) is 1.00. The van der Waals surface area contributed by atoms with E-state index >= 15 is 0 Å². The van der Waals surface area contributed by atoms with Crippen LogP contribution in [0.5, 0.6) is 0 Å². The van der Waals surface area contributed by atoms with Crippen LogP contribution in [0.1, 0.15) is 362 Å². The van der Waals surface area contributed by atoms with E-state index in [1.807, 2.05) is 0 Å². The first-order chi connectivity index (χ1) is 39.9. The smallest absolute Gasteiger partial charge is 0.405 e. The molecule has 0 bridgehead atoms. The fourth-order valence-corrected chi connectivity index (χ4v) is 14.4. The lowest BCUT2D eigenvalue weighted by molar-refractivity contribution is -0.896. The highest BCUT2D eigenvalue weighted by Gasteiger charge is 2.27. The zero-order valence-electron chi connectivity index (χ0n) is 57.8. The second-order valence-corrected chi connectivity index (χ2v) is 30.5. The van der Waals surface area contributed by atoms with Crippen molar-refractivity contribution in [3.63, 3.8) is 0 Å². The van der Waals surface area contributed by atoms with Crippen molar-refractivity contribution in [2.75, 3.05) is 93.9 Å². The number of nitrogens with one attached hydrogen (secondary N) is 2. The Morgan fingerprint density at radius 2 is 0.393 bits per heavy atom. The number of rotatable bonds is 71. The summed E-state index contributed by atoms with van der Waals surface area (Å²) in [5, 5.41) is 6.59. The Hall–Kier alpha value is 1.60. The van der Waals surface area contributed by atoms with Crippen molar-refractivity contribution >= 4 is 15.5 Å². The summed E-state index contributed by atoms with van der Waals surface area (Å²) < 4.78 is 54.4. The Balaban J connectivity index is -0.0000328. The summed E-state index contributed by atoms with van der Waals surface area (Å²) in [5.74, 6) is 0. The van der Waals surface area contributed by atoms with E-state index in [9.17, 15) is 9.13 Å². The summed E-state index contributed by atoms with van der Waals surface area (Å²) in [6.45, 7) is 16.6. The number of unbranched alkanes of at least 4 members (excludes halogenated alkanes) is 45. The van der Waals surface area contributed by atoms with E-state index in [-0.39, 0.29) is 48.0 Å². The Bertz CT molecular complexity index is 1220. The molecule has 2 N–H and O–H groups in total. The van der Waals surface area contributed by atoms with Crippen LogP contribution in [0.15, 0.2) is 0 Å². The molecule has 10 nitrogen and oxygen atoms in total. The molecular weight excluding hydrogens is 1310 g/mol. The minimum absolute atomic E-state index is 0. The maximum Gasteiger partial charge on any atom is 0.405 e. The molecule has 0 aliphatic carbocycles. The van der Waals surface area contributed by atoms with Gasteiger partial charge in [-0.2, -0.15) is 0 Å². The predicted molar refractivity (Wildman–Crippen MR) is 361 cm³/mol. The summed E-state index contributed by atoms with van der Waals surface area (Å²) in [5.41, 5.74) is 0. The van der Waals surface area contributed by atoms with Gasteiger partial charge in [0.2, 0.25) is 0 Å². The SMILES string of the molecule is CCCCCCCCCCCCCCOP(=O)(NCCC[N+](C)(C)CCCC[N+](C)(C)CCCNP(=O)(OCCCCCCCCCCCCCC)OCCCCCCCCCCCCCC)OCCCCCCCCCCCCCC.[I-].[I-]. The topological polar surface area (TPSA) is 95.1 Å². The minimum atomic E-state index is -3.36. The zero-order chi connectivity index (χ0) is 60.1. The zero-order valence-corrected chi connectivity index (χ0v) is 63.9. The van der Waals surface area contributed by atoms with E-state index < -0.39 is 15.5 Å². The van der Waals surface area contributed by atoms with Gasteiger partial charge in [-0.25, -0.2) is 19.3 Å². The van der Waals surface area contributed by atoms with Crippen molar-refractivity contribution < 1.29 is 84.1 Å². The van der Waals surface area contributed by atoms with E-state index in [0.717, 1.165) is 112 Å². The summed E-state index contributed by atoms with van der Waals surface area (Å²) in [6, 6.07) is 0. The normalized spacial score (nSPS) is 12.3. The average Bonchev–Trinajstić information content (AvgIpc) is 3.53. The molecule has 0 aromatic heterocycles. The van der Waals surface area contributed by atoms with Gasteiger partial charge in [-0.15, -0.1) is 0 Å². The van der Waals surface area contributed by atoms with Gasteiger partial charge in [0, 0.05) is 38.8 Å². The van der Waals surface area contributed by atoms with Crippen LogP contribution < -0.4 is 58.1 Å². The first-order valence-corrected chi connectivity index (χ1v) is 39.9. The highest BCUT2D eigenvalue weighted by atomic mass is 127. The Morgan fingerprint density at radius 1 is 0.238 bits per heavy atom. The van der Waals surface area contributed by atoms with Crippen molar-refractivity contribution in [3.8, 4) is 0 Å². The van der Waals surface area contributed by atoms with Gasteiger partial charge < -0.3 is 56.9 Å². The van der Waals surface area contributed by atoms with Gasteiger partial charge in [0.25, 0.3) is 0 Å². The molecule has 0 unspecified atom stereocenters. The molecular formula is C70H150I2N4O6P2. The molecule has 0 aliphatic rings. The van der Waals surface area contributed by atoms with E-state index in [4.69, 9.17) is 18.1 Å². The molecule has 510 valence electrons.